The van der Waals surface area contributed by atoms with Crippen molar-refractivity contribution in [1.29, 1.82) is 0 Å². The van der Waals surface area contributed by atoms with Crippen LogP contribution < -0.4 is 16.0 Å². The number of carbonyl (C=O) groups is 6. The molecule has 3 N–H and O–H groups in total. The summed E-state index contributed by atoms with van der Waals surface area (Å²) >= 11 is 0. The highest BCUT2D eigenvalue weighted by Crippen LogP contribution is 2.03. The van der Waals surface area contributed by atoms with Crippen LogP contribution >= 0.6 is 0 Å². The van der Waals surface area contributed by atoms with Gasteiger partial charge in [-0.25, -0.2) is 0 Å². The van der Waals surface area contributed by atoms with Crippen molar-refractivity contribution in [1.82, 2.24) is 20.9 Å². The first-order chi connectivity index (χ1) is 13.6. The molecule has 2 atom stereocenters. The van der Waals surface area contributed by atoms with Crippen LogP contribution in [0.5, 0.6) is 0 Å². The van der Waals surface area contributed by atoms with Gasteiger partial charge in [-0.2, -0.15) is 0 Å². The summed E-state index contributed by atoms with van der Waals surface area (Å²) in [4.78, 5) is 70.4. The topological polar surface area (TPSA) is 142 Å². The summed E-state index contributed by atoms with van der Waals surface area (Å²) in [5.74, 6) is -1.78. The Balaban J connectivity index is 2.13. The van der Waals surface area contributed by atoms with Gasteiger partial charge in [0.1, 0.15) is 11.7 Å². The predicted octanol–water partition coefficient (Wildman–Crippen LogP) is -2.24. The molecule has 0 bridgehead atoms. The van der Waals surface area contributed by atoms with Crippen molar-refractivity contribution in [3.05, 3.63) is 12.2 Å². The molecule has 1 heterocycles. The Bertz CT molecular complexity index is 690. The second-order valence-electron chi connectivity index (χ2n) is 6.85. The number of hydrogen-bond donors (Lipinski definition) is 3. The zero-order valence-corrected chi connectivity index (χ0v) is 16.9. The summed E-state index contributed by atoms with van der Waals surface area (Å²) in [5.41, 5.74) is -0.176. The number of nitrogens with zero attached hydrogens (tertiary/aromatic N) is 1. The van der Waals surface area contributed by atoms with Crippen LogP contribution in [0.3, 0.4) is 0 Å². The van der Waals surface area contributed by atoms with Gasteiger partial charge in [-0.15, -0.1) is 0 Å². The number of imide groups is 1. The lowest BCUT2D eigenvalue weighted by molar-refractivity contribution is -0.137. The van der Waals surface area contributed by atoms with Crippen molar-refractivity contribution < 1.29 is 28.8 Å². The van der Waals surface area contributed by atoms with Gasteiger partial charge < -0.3 is 20.7 Å². The molecule has 0 aromatic heterocycles. The Morgan fingerprint density at radius 1 is 0.931 bits per heavy atom. The molecule has 1 aliphatic heterocycles. The summed E-state index contributed by atoms with van der Waals surface area (Å²) in [6, 6.07) is -1.38. The van der Waals surface area contributed by atoms with Crippen molar-refractivity contribution in [3.63, 3.8) is 0 Å². The van der Waals surface area contributed by atoms with Crippen LogP contribution in [0.15, 0.2) is 12.2 Å². The average Bonchev–Trinajstić information content (AvgIpc) is 2.97. The van der Waals surface area contributed by atoms with E-state index in [1.54, 1.807) is 6.92 Å². The zero-order valence-electron chi connectivity index (χ0n) is 16.9. The number of unbranched alkanes of at least 4 members (excludes halogenated alkanes) is 1. The van der Waals surface area contributed by atoms with Crippen molar-refractivity contribution in [2.24, 2.45) is 0 Å². The molecule has 5 amide bonds. The quantitative estimate of drug-likeness (QED) is 0.190. The summed E-state index contributed by atoms with van der Waals surface area (Å²) < 4.78 is 0. The number of carbonyl (C=O) groups excluding carboxylic acids is 6. The van der Waals surface area contributed by atoms with Crippen LogP contribution in [0.2, 0.25) is 0 Å². The van der Waals surface area contributed by atoms with E-state index < -0.39 is 29.8 Å². The minimum atomic E-state index is -0.766. The third-order valence-corrected chi connectivity index (χ3v) is 4.36. The molecule has 11 heteroatoms. The predicted molar refractivity (Wildman–Crippen MR) is 106 cm³/mol. The fraction of sp³-hybridized carbons (Fsp3) is 0.556. The van der Waals surface area contributed by atoms with Crippen LogP contribution in [0.4, 0.5) is 0 Å². The van der Waals surface area contributed by atoms with Gasteiger partial charge in [0.25, 0.3) is 11.8 Å². The van der Waals surface area contributed by atoms with Crippen LogP contribution in [0, 0.1) is 0 Å². The second kappa shape index (κ2) is 11.8. The first-order valence-corrected chi connectivity index (χ1v) is 9.52. The molecule has 29 heavy (non-hydrogen) atoms. The van der Waals surface area contributed by atoms with E-state index in [1.807, 2.05) is 0 Å². The fourth-order valence-corrected chi connectivity index (χ4v) is 2.44. The van der Waals surface area contributed by atoms with Gasteiger partial charge in [-0.05, 0) is 26.7 Å². The highest BCUT2D eigenvalue weighted by Gasteiger charge is 2.22. The van der Waals surface area contributed by atoms with E-state index >= 15 is 0 Å². The van der Waals surface area contributed by atoms with Crippen molar-refractivity contribution in [3.8, 4) is 0 Å². The summed E-state index contributed by atoms with van der Waals surface area (Å²) in [7, 11) is 1.37. The Hall–Kier alpha value is -2.98. The minimum absolute atomic E-state index is 0.112. The molecular formula is C18H27BN4O6. The molecule has 0 fully saturated rings. The number of rotatable bonds is 12. The monoisotopic (exact) mass is 406 g/mol. The molecule has 0 aromatic rings. The summed E-state index contributed by atoms with van der Waals surface area (Å²) in [5, 5.41) is 7.67. The molecule has 10 nitrogen and oxygen atoms in total. The van der Waals surface area contributed by atoms with Crippen LogP contribution in [-0.4, -0.2) is 73.1 Å². The Labute approximate surface area is 170 Å². The molecule has 158 valence electrons. The lowest BCUT2D eigenvalue weighted by Gasteiger charge is -2.17. The highest BCUT2D eigenvalue weighted by atomic mass is 16.2. The number of hydrogen-bond acceptors (Lipinski definition) is 6. The van der Waals surface area contributed by atoms with Crippen molar-refractivity contribution in [2.75, 3.05) is 13.1 Å². The SMILES string of the molecule is BC(=O)[C@H](C)NC(=O)[C@H](C)NC(=O)CCCCC(=O)NCCN1C(=O)C=CC1=O. The van der Waals surface area contributed by atoms with E-state index in [1.165, 1.54) is 26.9 Å². The summed E-state index contributed by atoms with van der Waals surface area (Å²) in [6.45, 7) is 3.38. The van der Waals surface area contributed by atoms with Gasteiger partial charge in [0.05, 0.1) is 6.04 Å². The first kappa shape index (κ1) is 24.1. The molecular weight excluding hydrogens is 379 g/mol. The van der Waals surface area contributed by atoms with Crippen molar-refractivity contribution >= 4 is 43.1 Å². The maximum atomic E-state index is 11.9. The molecule has 0 saturated heterocycles. The maximum absolute atomic E-state index is 11.9. The largest absolute Gasteiger partial charge is 0.354 e. The molecule has 1 rings (SSSR count). The minimum Gasteiger partial charge on any atom is -0.354 e. The molecule has 0 radical (unpaired) electrons. The van der Waals surface area contributed by atoms with Crippen LogP contribution in [-0.2, 0) is 28.8 Å². The lowest BCUT2D eigenvalue weighted by Crippen LogP contribution is -2.49. The van der Waals surface area contributed by atoms with Gasteiger partial charge in [0, 0.05) is 38.1 Å². The maximum Gasteiger partial charge on any atom is 0.253 e. The van der Waals surface area contributed by atoms with E-state index in [-0.39, 0.29) is 43.4 Å². The van der Waals surface area contributed by atoms with E-state index in [9.17, 15) is 28.8 Å². The van der Waals surface area contributed by atoms with E-state index in [0.29, 0.717) is 12.8 Å². The van der Waals surface area contributed by atoms with Crippen LogP contribution in [0.1, 0.15) is 39.5 Å². The molecule has 0 aliphatic carbocycles. The van der Waals surface area contributed by atoms with E-state index in [0.717, 1.165) is 4.90 Å². The summed E-state index contributed by atoms with van der Waals surface area (Å²) in [6.07, 6.45) is 3.68. The third-order valence-electron chi connectivity index (χ3n) is 4.36. The van der Waals surface area contributed by atoms with E-state index in [4.69, 9.17) is 0 Å². The van der Waals surface area contributed by atoms with Gasteiger partial charge in [-0.1, -0.05) is 0 Å². The van der Waals surface area contributed by atoms with Crippen LogP contribution in [0.25, 0.3) is 0 Å². The fourth-order valence-electron chi connectivity index (χ4n) is 2.44. The highest BCUT2D eigenvalue weighted by molar-refractivity contribution is 6.59. The molecule has 1 aliphatic rings. The number of nitrogens with one attached hydrogen (secondary N) is 3. The first-order valence-electron chi connectivity index (χ1n) is 9.52. The molecule has 0 spiro atoms. The second-order valence-corrected chi connectivity index (χ2v) is 6.85. The third kappa shape index (κ3) is 8.71. The Morgan fingerprint density at radius 2 is 1.48 bits per heavy atom. The van der Waals surface area contributed by atoms with E-state index in [2.05, 4.69) is 16.0 Å². The molecule has 0 aromatic carbocycles. The van der Waals surface area contributed by atoms with Gasteiger partial charge in [0.2, 0.25) is 17.7 Å². The average molecular weight is 406 g/mol. The number of amides is 5. The molecule has 0 saturated carbocycles. The molecule has 0 unspecified atom stereocenters. The van der Waals surface area contributed by atoms with Crippen molar-refractivity contribution in [2.45, 2.75) is 51.6 Å². The normalized spacial score (nSPS) is 15.0. The Kier molecular flexibility index (Phi) is 9.77. The zero-order chi connectivity index (χ0) is 22.0. The van der Waals surface area contributed by atoms with Gasteiger partial charge in [0.15, 0.2) is 7.85 Å². The van der Waals surface area contributed by atoms with Gasteiger partial charge in [-0.3, -0.25) is 28.9 Å². The smallest absolute Gasteiger partial charge is 0.253 e. The Morgan fingerprint density at radius 3 is 2.03 bits per heavy atom. The van der Waals surface area contributed by atoms with Gasteiger partial charge >= 0.3 is 0 Å². The standard InChI is InChI=1S/C18H27BN4O6/c1-11(17(19)28)22-18(29)12(2)21-14(25)6-4-3-5-13(24)20-9-10-23-15(26)7-8-16(23)27/h7-8,11-12H,3-6,9-10,19H2,1-2H3,(H,20,24)(H,21,25)(H,22,29)/t11-,12-/m0/s1. The lowest BCUT2D eigenvalue weighted by atomic mass is 9.96.